The molecule has 0 radical (unpaired) electrons. The molecule has 8 nitrogen and oxygen atoms in total. The fraction of sp³-hybridized carbons (Fsp3) is 0.212. The van der Waals surface area contributed by atoms with Crippen molar-refractivity contribution in [2.75, 3.05) is 34.5 Å². The number of rotatable bonds is 9. The molecular weight excluding hydrogens is 524 g/mol. The van der Waals surface area contributed by atoms with Gasteiger partial charge in [-0.25, -0.2) is 9.59 Å². The van der Waals surface area contributed by atoms with Gasteiger partial charge >= 0.3 is 11.9 Å². The number of carboxylic acid groups (broad SMARTS) is 1. The summed E-state index contributed by atoms with van der Waals surface area (Å²) in [5.74, 6) is 0.215. The molecule has 8 heteroatoms. The Balaban J connectivity index is 1.77. The zero-order chi connectivity index (χ0) is 29.1. The van der Waals surface area contributed by atoms with Gasteiger partial charge in [-0.2, -0.15) is 0 Å². The van der Waals surface area contributed by atoms with Crippen LogP contribution in [0.3, 0.4) is 0 Å². The van der Waals surface area contributed by atoms with Crippen LogP contribution in [0.15, 0.2) is 72.8 Å². The molecule has 210 valence electrons. The van der Waals surface area contributed by atoms with Crippen molar-refractivity contribution in [3.05, 3.63) is 106 Å². The van der Waals surface area contributed by atoms with Gasteiger partial charge in [-0.3, -0.25) is 0 Å². The van der Waals surface area contributed by atoms with E-state index < -0.39 is 17.5 Å². The van der Waals surface area contributed by atoms with Crippen LogP contribution >= 0.6 is 0 Å². The van der Waals surface area contributed by atoms with E-state index in [4.69, 9.17) is 23.7 Å². The Bertz CT molecular complexity index is 1590. The number of ether oxygens (including phenoxy) is 5. The van der Waals surface area contributed by atoms with Crippen molar-refractivity contribution < 1.29 is 38.4 Å². The summed E-state index contributed by atoms with van der Waals surface area (Å²) in [7, 11) is 4.74. The Morgan fingerprint density at radius 1 is 0.829 bits per heavy atom. The van der Waals surface area contributed by atoms with Gasteiger partial charge in [-0.05, 0) is 72.5 Å². The van der Waals surface area contributed by atoms with Gasteiger partial charge in [0.15, 0.2) is 5.60 Å². The SMILES string of the molecule is COCCOC(=O)c1c2c(c3ccc(C(=O)O)cc3c1C)OC(c1ccc(OC)cc1)(c1ccc(OC)cc1)C=C2. The maximum absolute atomic E-state index is 13.4. The molecule has 0 bridgehead atoms. The third-order valence-electron chi connectivity index (χ3n) is 7.31. The van der Waals surface area contributed by atoms with Crippen LogP contribution in [0.4, 0.5) is 0 Å². The number of aryl methyl sites for hydroxylation is 1. The van der Waals surface area contributed by atoms with Gasteiger partial charge in [0, 0.05) is 29.2 Å². The maximum Gasteiger partial charge on any atom is 0.339 e. The number of hydrogen-bond acceptors (Lipinski definition) is 7. The zero-order valence-electron chi connectivity index (χ0n) is 23.2. The average Bonchev–Trinajstić information content (AvgIpc) is 3.01. The van der Waals surface area contributed by atoms with Gasteiger partial charge in [0.05, 0.1) is 32.0 Å². The van der Waals surface area contributed by atoms with Crippen LogP contribution in [0.25, 0.3) is 16.8 Å². The molecule has 0 aromatic heterocycles. The van der Waals surface area contributed by atoms with Crippen LogP contribution in [-0.2, 0) is 15.1 Å². The lowest BCUT2D eigenvalue weighted by molar-refractivity contribution is 0.0386. The number of methoxy groups -OCH3 is 3. The summed E-state index contributed by atoms with van der Waals surface area (Å²) in [6, 6.07) is 20.0. The summed E-state index contributed by atoms with van der Waals surface area (Å²) in [4.78, 5) is 25.3. The van der Waals surface area contributed by atoms with Gasteiger partial charge in [0.25, 0.3) is 0 Å². The molecule has 0 spiro atoms. The minimum absolute atomic E-state index is 0.0724. The summed E-state index contributed by atoms with van der Waals surface area (Å²) in [5, 5.41) is 10.9. The molecule has 0 saturated heterocycles. The molecule has 0 fully saturated rings. The number of carbonyl (C=O) groups excluding carboxylic acids is 1. The molecule has 0 aliphatic carbocycles. The Morgan fingerprint density at radius 3 is 1.98 bits per heavy atom. The second-order valence-corrected chi connectivity index (χ2v) is 9.57. The van der Waals surface area contributed by atoms with Gasteiger partial charge in [-0.1, -0.05) is 24.3 Å². The second-order valence-electron chi connectivity index (χ2n) is 9.57. The van der Waals surface area contributed by atoms with E-state index >= 15 is 0 Å². The fourth-order valence-corrected chi connectivity index (χ4v) is 5.15. The van der Waals surface area contributed by atoms with Crippen molar-refractivity contribution in [3.63, 3.8) is 0 Å². The number of carboxylic acids is 1. The Kier molecular flexibility index (Phi) is 7.68. The minimum atomic E-state index is -1.09. The van der Waals surface area contributed by atoms with Crippen molar-refractivity contribution in [2.24, 2.45) is 0 Å². The molecule has 1 aliphatic rings. The number of hydrogen-bond donors (Lipinski definition) is 1. The van der Waals surface area contributed by atoms with Crippen molar-refractivity contribution >= 4 is 28.8 Å². The summed E-state index contributed by atoms with van der Waals surface area (Å²) in [6.45, 7) is 2.10. The van der Waals surface area contributed by atoms with E-state index in [2.05, 4.69) is 0 Å². The highest BCUT2D eigenvalue weighted by Crippen LogP contribution is 2.48. The molecule has 41 heavy (non-hydrogen) atoms. The molecular formula is C33H30O8. The van der Waals surface area contributed by atoms with Crippen molar-refractivity contribution in [3.8, 4) is 17.2 Å². The van der Waals surface area contributed by atoms with Crippen LogP contribution in [0.1, 0.15) is 43.0 Å². The maximum atomic E-state index is 13.4. The third kappa shape index (κ3) is 4.98. The molecule has 1 aliphatic heterocycles. The highest BCUT2D eigenvalue weighted by molar-refractivity contribution is 6.08. The molecule has 1 N–H and O–H groups in total. The Labute approximate surface area is 237 Å². The largest absolute Gasteiger partial charge is 0.497 e. The van der Waals surface area contributed by atoms with E-state index in [1.54, 1.807) is 33.3 Å². The predicted octanol–water partition coefficient (Wildman–Crippen LogP) is 6.02. The first kappa shape index (κ1) is 27.7. The molecule has 4 aromatic carbocycles. The second kappa shape index (κ2) is 11.3. The number of esters is 1. The number of aromatic carboxylic acids is 1. The first-order valence-electron chi connectivity index (χ1n) is 13.0. The number of carbonyl (C=O) groups is 2. The van der Waals surface area contributed by atoms with Gasteiger partial charge in [0.1, 0.15) is 23.9 Å². The summed E-state index contributed by atoms with van der Waals surface area (Å²) >= 11 is 0. The number of benzene rings is 4. The average molecular weight is 555 g/mol. The van der Waals surface area contributed by atoms with Gasteiger partial charge in [0.2, 0.25) is 0 Å². The molecule has 0 atom stereocenters. The topological polar surface area (TPSA) is 101 Å². The van der Waals surface area contributed by atoms with E-state index in [0.29, 0.717) is 44.7 Å². The van der Waals surface area contributed by atoms with Crippen LogP contribution in [-0.4, -0.2) is 51.6 Å². The Morgan fingerprint density at radius 2 is 1.44 bits per heavy atom. The van der Waals surface area contributed by atoms with Crippen molar-refractivity contribution in [1.29, 1.82) is 0 Å². The summed E-state index contributed by atoms with van der Waals surface area (Å²) in [5.41, 5.74) is 2.12. The predicted molar refractivity (Wildman–Crippen MR) is 154 cm³/mol. The smallest absolute Gasteiger partial charge is 0.339 e. The highest BCUT2D eigenvalue weighted by Gasteiger charge is 2.39. The van der Waals surface area contributed by atoms with E-state index in [1.165, 1.54) is 13.2 Å². The van der Waals surface area contributed by atoms with E-state index in [9.17, 15) is 14.7 Å². The van der Waals surface area contributed by atoms with Crippen molar-refractivity contribution in [2.45, 2.75) is 12.5 Å². The third-order valence-corrected chi connectivity index (χ3v) is 7.31. The first-order chi connectivity index (χ1) is 19.8. The highest BCUT2D eigenvalue weighted by atomic mass is 16.6. The normalized spacial score (nSPS) is 13.3. The van der Waals surface area contributed by atoms with Crippen LogP contribution in [0.5, 0.6) is 17.2 Å². The minimum Gasteiger partial charge on any atom is -0.497 e. The molecule has 4 aromatic rings. The van der Waals surface area contributed by atoms with Crippen LogP contribution in [0.2, 0.25) is 0 Å². The van der Waals surface area contributed by atoms with Crippen LogP contribution in [0, 0.1) is 6.92 Å². The molecule has 0 saturated carbocycles. The van der Waals surface area contributed by atoms with E-state index in [-0.39, 0.29) is 18.8 Å². The van der Waals surface area contributed by atoms with Crippen molar-refractivity contribution in [1.82, 2.24) is 0 Å². The molecule has 5 rings (SSSR count). The lowest BCUT2D eigenvalue weighted by Gasteiger charge is -2.37. The number of fused-ring (bicyclic) bond motifs is 3. The molecule has 0 amide bonds. The monoisotopic (exact) mass is 554 g/mol. The fourth-order valence-electron chi connectivity index (χ4n) is 5.15. The standard InChI is InChI=1S/C33H30O8/c1-20-28-19-21(31(34)35)5-14-26(28)30-27(29(20)32(36)40-18-17-37-2)15-16-33(41-30,22-6-10-24(38-3)11-7-22)23-8-12-25(39-4)13-9-23/h5-16,19H,17-18H2,1-4H3,(H,34,35). The lowest BCUT2D eigenvalue weighted by Crippen LogP contribution is -2.35. The lowest BCUT2D eigenvalue weighted by atomic mass is 9.82. The first-order valence-corrected chi connectivity index (χ1v) is 13.0. The molecule has 0 unspecified atom stereocenters. The zero-order valence-corrected chi connectivity index (χ0v) is 23.2. The Hall–Kier alpha value is -4.82. The van der Waals surface area contributed by atoms with E-state index in [0.717, 1.165) is 11.1 Å². The van der Waals surface area contributed by atoms with Crippen LogP contribution < -0.4 is 14.2 Å². The van der Waals surface area contributed by atoms with Gasteiger partial charge in [-0.15, -0.1) is 0 Å². The summed E-state index contributed by atoms with van der Waals surface area (Å²) < 4.78 is 28.3. The summed E-state index contributed by atoms with van der Waals surface area (Å²) in [6.07, 6.45) is 3.79. The molecule has 1 heterocycles. The quantitative estimate of drug-likeness (QED) is 0.198. The van der Waals surface area contributed by atoms with E-state index in [1.807, 2.05) is 60.7 Å². The van der Waals surface area contributed by atoms with Gasteiger partial charge < -0.3 is 28.8 Å².